The number of anilines is 1. The van der Waals surface area contributed by atoms with Gasteiger partial charge in [-0.3, -0.25) is 4.79 Å². The minimum Gasteiger partial charge on any atom is -0.544 e. The van der Waals surface area contributed by atoms with Crippen molar-refractivity contribution in [2.75, 3.05) is 44.7 Å². The fourth-order valence-corrected chi connectivity index (χ4v) is 2.95. The number of halogens is 2. The van der Waals surface area contributed by atoms with E-state index in [0.29, 0.717) is 22.3 Å². The second kappa shape index (κ2) is 9.94. The van der Waals surface area contributed by atoms with Gasteiger partial charge in [0.1, 0.15) is 32.2 Å². The number of nitrogens with two attached hydrogens (primary N) is 1. The molecule has 138 valence electrons. The van der Waals surface area contributed by atoms with Crippen LogP contribution < -0.4 is 20.6 Å². The lowest BCUT2D eigenvalue weighted by atomic mass is 10.2. The molecule has 2 rings (SSSR count). The number of ether oxygens (including phenoxy) is 1. The van der Waals surface area contributed by atoms with Crippen LogP contribution in [0.1, 0.15) is 6.42 Å². The minimum absolute atomic E-state index is 0.180. The predicted molar refractivity (Wildman–Crippen MR) is 91.7 cm³/mol. The van der Waals surface area contributed by atoms with Gasteiger partial charge in [-0.15, -0.1) is 0 Å². The Morgan fingerprint density at radius 1 is 1.28 bits per heavy atom. The van der Waals surface area contributed by atoms with Gasteiger partial charge in [-0.1, -0.05) is 23.2 Å². The number of nitrogens with one attached hydrogen (secondary N) is 2. The maximum Gasteiger partial charge on any atom is 0.230 e. The first-order valence-electron chi connectivity index (χ1n) is 8.16. The first-order valence-corrected chi connectivity index (χ1v) is 8.91. The molecule has 0 radical (unpaired) electrons. The van der Waals surface area contributed by atoms with E-state index in [9.17, 15) is 14.7 Å². The number of quaternary nitrogens is 2. The molecule has 25 heavy (non-hydrogen) atoms. The molecule has 1 amide bonds. The molecule has 9 heteroatoms. The largest absolute Gasteiger partial charge is 0.544 e. The highest BCUT2D eigenvalue weighted by atomic mass is 35.5. The predicted octanol–water partition coefficient (Wildman–Crippen LogP) is -2.08. The van der Waals surface area contributed by atoms with Gasteiger partial charge >= 0.3 is 0 Å². The molecule has 1 aromatic rings. The van der Waals surface area contributed by atoms with Gasteiger partial charge in [0.05, 0.1) is 35.6 Å². The molecule has 1 heterocycles. The summed E-state index contributed by atoms with van der Waals surface area (Å²) in [6, 6.07) is 3.75. The van der Waals surface area contributed by atoms with Crippen molar-refractivity contribution in [3.05, 3.63) is 28.2 Å². The van der Waals surface area contributed by atoms with Crippen LogP contribution in [-0.2, 0) is 14.3 Å². The molecule has 7 nitrogen and oxygen atoms in total. The van der Waals surface area contributed by atoms with Crippen LogP contribution in [0.3, 0.4) is 0 Å². The second-order valence-corrected chi connectivity index (χ2v) is 6.76. The highest BCUT2D eigenvalue weighted by molar-refractivity contribution is 6.42. The van der Waals surface area contributed by atoms with Crippen molar-refractivity contribution < 1.29 is 29.6 Å². The van der Waals surface area contributed by atoms with E-state index in [0.717, 1.165) is 32.8 Å². The normalized spacial score (nSPS) is 16.4. The smallest absolute Gasteiger partial charge is 0.230 e. The molecule has 1 fully saturated rings. The summed E-state index contributed by atoms with van der Waals surface area (Å²) < 4.78 is 5.28. The zero-order valence-electron chi connectivity index (χ0n) is 13.7. The Hall–Kier alpha value is -1.38. The summed E-state index contributed by atoms with van der Waals surface area (Å²) in [4.78, 5) is 24.7. The number of carboxylic acid groups (broad SMARTS) is 1. The van der Waals surface area contributed by atoms with Gasteiger partial charge in [0.2, 0.25) is 5.91 Å². The molecular formula is C16H22Cl2N3O4+. The van der Waals surface area contributed by atoms with Crippen molar-refractivity contribution in [1.29, 1.82) is 0 Å². The maximum absolute atomic E-state index is 12.1. The van der Waals surface area contributed by atoms with Gasteiger partial charge in [0.15, 0.2) is 0 Å². The number of morpholine rings is 1. The number of carboxylic acids is 1. The fourth-order valence-electron chi connectivity index (χ4n) is 2.65. The molecule has 0 bridgehead atoms. The SMILES string of the molecule is O=C(C[C@@H]([NH2+]CC[NH+]1CCOCC1)C(=O)[O-])Nc1ccc(Cl)c(Cl)c1. The van der Waals surface area contributed by atoms with Crippen LogP contribution in [-0.4, -0.2) is 57.3 Å². The topological polar surface area (TPSA) is 99.5 Å². The third-order valence-corrected chi connectivity index (χ3v) is 4.80. The molecule has 0 unspecified atom stereocenters. The minimum atomic E-state index is -1.25. The number of hydrogen-bond acceptors (Lipinski definition) is 4. The lowest BCUT2D eigenvalue weighted by Gasteiger charge is -2.24. The summed E-state index contributed by atoms with van der Waals surface area (Å²) in [6.45, 7) is 4.72. The average Bonchev–Trinajstić information content (AvgIpc) is 2.58. The zero-order chi connectivity index (χ0) is 18.2. The third kappa shape index (κ3) is 6.80. The summed E-state index contributed by atoms with van der Waals surface area (Å²) in [7, 11) is 0. The Labute approximate surface area is 156 Å². The van der Waals surface area contributed by atoms with Crippen molar-refractivity contribution in [1.82, 2.24) is 0 Å². The number of amides is 1. The van der Waals surface area contributed by atoms with Crippen molar-refractivity contribution in [3.63, 3.8) is 0 Å². The zero-order valence-corrected chi connectivity index (χ0v) is 15.2. The van der Waals surface area contributed by atoms with Gasteiger partial charge < -0.3 is 30.2 Å². The summed E-state index contributed by atoms with van der Waals surface area (Å²) in [5.74, 6) is -1.66. The lowest BCUT2D eigenvalue weighted by molar-refractivity contribution is -0.920. The van der Waals surface area contributed by atoms with Gasteiger partial charge in [-0.2, -0.15) is 0 Å². The maximum atomic E-state index is 12.1. The Morgan fingerprint density at radius 2 is 2.00 bits per heavy atom. The van der Waals surface area contributed by atoms with Gasteiger partial charge in [-0.25, -0.2) is 0 Å². The number of carbonyl (C=O) groups excluding carboxylic acids is 2. The number of rotatable bonds is 8. The lowest BCUT2D eigenvalue weighted by Crippen LogP contribution is -3.17. The number of hydrogen-bond donors (Lipinski definition) is 3. The van der Waals surface area contributed by atoms with E-state index in [-0.39, 0.29) is 6.42 Å². The summed E-state index contributed by atoms with van der Waals surface area (Å²) in [5, 5.41) is 16.2. The van der Waals surface area contributed by atoms with Gasteiger partial charge in [0, 0.05) is 5.69 Å². The van der Waals surface area contributed by atoms with Crippen LogP contribution in [0, 0.1) is 0 Å². The molecule has 0 spiro atoms. The van der Waals surface area contributed by atoms with Gasteiger partial charge in [-0.05, 0) is 18.2 Å². The molecule has 0 saturated carbocycles. The molecular weight excluding hydrogens is 369 g/mol. The molecule has 1 aliphatic rings. The molecule has 1 saturated heterocycles. The van der Waals surface area contributed by atoms with Gasteiger partial charge in [0.25, 0.3) is 0 Å². The van der Waals surface area contributed by atoms with Crippen LogP contribution in [0.25, 0.3) is 0 Å². The highest BCUT2D eigenvalue weighted by Gasteiger charge is 2.20. The number of benzene rings is 1. The molecule has 4 N–H and O–H groups in total. The molecule has 0 aliphatic carbocycles. The van der Waals surface area contributed by atoms with Crippen molar-refractivity contribution in [3.8, 4) is 0 Å². The van der Waals surface area contributed by atoms with Crippen molar-refractivity contribution >= 4 is 40.8 Å². The van der Waals surface area contributed by atoms with E-state index in [1.807, 2.05) is 0 Å². The number of aliphatic carboxylic acids is 1. The molecule has 1 aliphatic heterocycles. The van der Waals surface area contributed by atoms with E-state index >= 15 is 0 Å². The Morgan fingerprint density at radius 3 is 2.64 bits per heavy atom. The summed E-state index contributed by atoms with van der Waals surface area (Å²) in [5.41, 5.74) is 0.467. The summed E-state index contributed by atoms with van der Waals surface area (Å²) >= 11 is 11.7. The molecule has 0 aromatic heterocycles. The van der Waals surface area contributed by atoms with Crippen LogP contribution in [0.2, 0.25) is 10.0 Å². The third-order valence-electron chi connectivity index (χ3n) is 4.06. The van der Waals surface area contributed by atoms with Crippen LogP contribution in [0.5, 0.6) is 0 Å². The van der Waals surface area contributed by atoms with E-state index < -0.39 is 17.9 Å². The first-order chi connectivity index (χ1) is 12.0. The monoisotopic (exact) mass is 390 g/mol. The van der Waals surface area contributed by atoms with E-state index in [1.165, 1.54) is 11.0 Å². The van der Waals surface area contributed by atoms with Crippen molar-refractivity contribution in [2.24, 2.45) is 0 Å². The average molecular weight is 391 g/mol. The summed E-state index contributed by atoms with van der Waals surface area (Å²) in [6.07, 6.45) is -0.180. The first kappa shape index (κ1) is 19.9. The van der Waals surface area contributed by atoms with E-state index in [1.54, 1.807) is 17.4 Å². The molecule has 1 aromatic carbocycles. The van der Waals surface area contributed by atoms with Crippen LogP contribution >= 0.6 is 23.2 Å². The van der Waals surface area contributed by atoms with Crippen LogP contribution in [0.4, 0.5) is 5.69 Å². The standard InChI is InChI=1S/C16H21Cl2N3O4/c17-12-2-1-11(9-13(12)18)20-15(22)10-14(16(23)24)19-3-4-21-5-7-25-8-6-21/h1-2,9,14,19H,3-8,10H2,(H,20,22)(H,23,24)/p+1/t14-/m1/s1. The molecule has 1 atom stereocenters. The van der Waals surface area contributed by atoms with Crippen LogP contribution in [0.15, 0.2) is 18.2 Å². The Kier molecular flexibility index (Phi) is 7.92. The quantitative estimate of drug-likeness (QED) is 0.474. The van der Waals surface area contributed by atoms with E-state index in [2.05, 4.69) is 5.32 Å². The number of carbonyl (C=O) groups is 2. The highest BCUT2D eigenvalue weighted by Crippen LogP contribution is 2.25. The fraction of sp³-hybridized carbons (Fsp3) is 0.500. The van der Waals surface area contributed by atoms with E-state index in [4.69, 9.17) is 27.9 Å². The Balaban J connectivity index is 1.79. The van der Waals surface area contributed by atoms with Crippen molar-refractivity contribution in [2.45, 2.75) is 12.5 Å². The Bertz CT molecular complexity index is 609. The second-order valence-electron chi connectivity index (χ2n) is 5.94.